The topological polar surface area (TPSA) is 76.4 Å². The van der Waals surface area contributed by atoms with Crippen molar-refractivity contribution >= 4 is 23.0 Å². The zero-order valence-corrected chi connectivity index (χ0v) is 15.7. The van der Waals surface area contributed by atoms with Gasteiger partial charge in [-0.2, -0.15) is 13.2 Å². The fraction of sp³-hybridized carbons (Fsp3) is 0.381. The number of hydrogen-bond donors (Lipinski definition) is 3. The molecule has 1 aliphatic heterocycles. The van der Waals surface area contributed by atoms with E-state index in [4.69, 9.17) is 10.5 Å². The van der Waals surface area contributed by atoms with Crippen LogP contribution >= 0.6 is 0 Å². The SMILES string of the molecule is NC[C@H]1CC[C@H](C(=O)Nc2cc(C(F)(F)F)cc3c2Nc2ccccc2O3)CC1. The first-order chi connectivity index (χ1) is 13.8. The molecular weight excluding hydrogens is 383 g/mol. The number of benzene rings is 2. The molecule has 0 atom stereocenters. The van der Waals surface area contributed by atoms with Crippen molar-refractivity contribution in [3.8, 4) is 11.5 Å². The van der Waals surface area contributed by atoms with Crippen LogP contribution in [0.25, 0.3) is 0 Å². The second-order valence-electron chi connectivity index (χ2n) is 7.56. The molecule has 1 heterocycles. The highest BCUT2D eigenvalue weighted by molar-refractivity contribution is 5.98. The standard InChI is InChI=1S/C21H22F3N3O2/c22-21(23,24)14-9-16(27-20(28)13-7-5-12(11-25)6-8-13)19-18(10-14)29-17-4-2-1-3-15(17)26-19/h1-4,9-10,12-13,26H,5-8,11,25H2,(H,27,28)/t12-,13-. The van der Waals surface area contributed by atoms with Crippen molar-refractivity contribution in [1.29, 1.82) is 0 Å². The molecule has 154 valence electrons. The van der Waals surface area contributed by atoms with Gasteiger partial charge in [0.15, 0.2) is 11.5 Å². The lowest BCUT2D eigenvalue weighted by Crippen LogP contribution is -2.29. The fourth-order valence-electron chi connectivity index (χ4n) is 3.89. The lowest BCUT2D eigenvalue weighted by molar-refractivity contribution is -0.137. The molecule has 0 radical (unpaired) electrons. The quantitative estimate of drug-likeness (QED) is 0.556. The monoisotopic (exact) mass is 405 g/mol. The molecule has 5 nitrogen and oxygen atoms in total. The van der Waals surface area contributed by atoms with Gasteiger partial charge in [-0.15, -0.1) is 0 Å². The molecular formula is C21H22F3N3O2. The Morgan fingerprint density at radius 2 is 1.86 bits per heavy atom. The number of hydrogen-bond acceptors (Lipinski definition) is 4. The molecule has 29 heavy (non-hydrogen) atoms. The summed E-state index contributed by atoms with van der Waals surface area (Å²) in [6.45, 7) is 0.593. The molecule has 2 aromatic rings. The Balaban J connectivity index is 1.63. The van der Waals surface area contributed by atoms with E-state index in [0.717, 1.165) is 25.0 Å². The van der Waals surface area contributed by atoms with Gasteiger partial charge in [0.05, 0.1) is 16.9 Å². The highest BCUT2D eigenvalue weighted by Crippen LogP contribution is 2.48. The van der Waals surface area contributed by atoms with Crippen LogP contribution in [0, 0.1) is 11.8 Å². The van der Waals surface area contributed by atoms with Crippen LogP contribution in [-0.4, -0.2) is 12.5 Å². The molecule has 4 rings (SSSR count). The number of nitrogens with two attached hydrogens (primary N) is 1. The van der Waals surface area contributed by atoms with Crippen LogP contribution in [0.15, 0.2) is 36.4 Å². The first kappa shape index (κ1) is 19.6. The minimum absolute atomic E-state index is 0.0284. The summed E-state index contributed by atoms with van der Waals surface area (Å²) in [5.41, 5.74) is 5.83. The number of halogens is 3. The number of fused-ring (bicyclic) bond motifs is 2. The molecule has 1 amide bonds. The van der Waals surface area contributed by atoms with Gasteiger partial charge in [-0.1, -0.05) is 12.1 Å². The lowest BCUT2D eigenvalue weighted by Gasteiger charge is -2.28. The van der Waals surface area contributed by atoms with Crippen LogP contribution in [0.5, 0.6) is 11.5 Å². The summed E-state index contributed by atoms with van der Waals surface area (Å²) in [6, 6.07) is 8.85. The molecule has 0 unspecified atom stereocenters. The third-order valence-electron chi connectivity index (χ3n) is 5.60. The zero-order valence-electron chi connectivity index (χ0n) is 15.7. The Morgan fingerprint density at radius 1 is 1.14 bits per heavy atom. The maximum atomic E-state index is 13.4. The van der Waals surface area contributed by atoms with E-state index in [1.165, 1.54) is 0 Å². The van der Waals surface area contributed by atoms with Crippen LogP contribution in [-0.2, 0) is 11.0 Å². The highest BCUT2D eigenvalue weighted by atomic mass is 19.4. The van der Waals surface area contributed by atoms with E-state index < -0.39 is 11.7 Å². The minimum Gasteiger partial charge on any atom is -0.453 e. The van der Waals surface area contributed by atoms with Crippen LogP contribution in [0.2, 0.25) is 0 Å². The maximum absolute atomic E-state index is 13.4. The molecule has 4 N–H and O–H groups in total. The van der Waals surface area contributed by atoms with Crippen molar-refractivity contribution in [1.82, 2.24) is 0 Å². The van der Waals surface area contributed by atoms with Gasteiger partial charge < -0.3 is 21.1 Å². The van der Waals surface area contributed by atoms with E-state index in [1.54, 1.807) is 24.3 Å². The van der Waals surface area contributed by atoms with Gasteiger partial charge in [-0.3, -0.25) is 4.79 Å². The molecule has 2 aliphatic rings. The zero-order chi connectivity index (χ0) is 20.6. The Hall–Kier alpha value is -2.74. The van der Waals surface area contributed by atoms with Gasteiger partial charge in [0, 0.05) is 5.92 Å². The van der Waals surface area contributed by atoms with Gasteiger partial charge in [0.2, 0.25) is 5.91 Å². The van der Waals surface area contributed by atoms with E-state index in [9.17, 15) is 18.0 Å². The summed E-state index contributed by atoms with van der Waals surface area (Å²) in [4.78, 5) is 12.8. The van der Waals surface area contributed by atoms with Crippen molar-refractivity contribution in [2.45, 2.75) is 31.9 Å². The first-order valence-corrected chi connectivity index (χ1v) is 9.65. The Bertz CT molecular complexity index is 922. The number of ether oxygens (including phenoxy) is 1. The normalized spacial score (nSPS) is 20.7. The van der Waals surface area contributed by atoms with Crippen molar-refractivity contribution < 1.29 is 22.7 Å². The lowest BCUT2D eigenvalue weighted by atomic mass is 9.81. The second-order valence-corrected chi connectivity index (χ2v) is 7.56. The molecule has 8 heteroatoms. The number of nitrogens with one attached hydrogen (secondary N) is 2. The molecule has 1 aliphatic carbocycles. The summed E-state index contributed by atoms with van der Waals surface area (Å²) in [6.07, 6.45) is -1.49. The van der Waals surface area contributed by atoms with Gasteiger partial charge in [-0.25, -0.2) is 0 Å². The summed E-state index contributed by atoms with van der Waals surface area (Å²) < 4.78 is 45.9. The number of carbonyl (C=O) groups is 1. The predicted molar refractivity (Wildman–Crippen MR) is 104 cm³/mol. The smallest absolute Gasteiger partial charge is 0.416 e. The second kappa shape index (κ2) is 7.59. The molecule has 0 aromatic heterocycles. The van der Waals surface area contributed by atoms with Crippen molar-refractivity contribution in [2.75, 3.05) is 17.2 Å². The maximum Gasteiger partial charge on any atom is 0.416 e. The number of para-hydroxylation sites is 2. The third-order valence-corrected chi connectivity index (χ3v) is 5.60. The van der Waals surface area contributed by atoms with Gasteiger partial charge in [0.25, 0.3) is 0 Å². The average Bonchev–Trinajstić information content (AvgIpc) is 2.71. The van der Waals surface area contributed by atoms with Crippen LogP contribution < -0.4 is 21.1 Å². The van der Waals surface area contributed by atoms with Crippen molar-refractivity contribution in [3.05, 3.63) is 42.0 Å². The van der Waals surface area contributed by atoms with E-state index in [-0.39, 0.29) is 23.3 Å². The molecule has 0 saturated heterocycles. The third kappa shape index (κ3) is 4.03. The predicted octanol–water partition coefficient (Wildman–Crippen LogP) is 5.26. The van der Waals surface area contributed by atoms with Crippen molar-refractivity contribution in [2.24, 2.45) is 17.6 Å². The molecule has 2 aromatic carbocycles. The van der Waals surface area contributed by atoms with Crippen LogP contribution in [0.3, 0.4) is 0 Å². The van der Waals surface area contributed by atoms with E-state index in [0.29, 0.717) is 42.4 Å². The van der Waals surface area contributed by atoms with Gasteiger partial charge in [0.1, 0.15) is 5.69 Å². The van der Waals surface area contributed by atoms with E-state index >= 15 is 0 Å². The molecule has 0 bridgehead atoms. The number of alkyl halides is 3. The summed E-state index contributed by atoms with van der Waals surface area (Å²) in [5, 5.41) is 5.79. The molecule has 1 fully saturated rings. The molecule has 0 spiro atoms. The number of anilines is 3. The number of amides is 1. The average molecular weight is 405 g/mol. The Morgan fingerprint density at radius 3 is 2.55 bits per heavy atom. The number of carbonyl (C=O) groups excluding carboxylic acids is 1. The first-order valence-electron chi connectivity index (χ1n) is 9.65. The Labute approximate surface area is 166 Å². The highest BCUT2D eigenvalue weighted by Gasteiger charge is 2.35. The largest absolute Gasteiger partial charge is 0.453 e. The summed E-state index contributed by atoms with van der Waals surface area (Å²) >= 11 is 0. The Kier molecular flexibility index (Phi) is 5.12. The van der Waals surface area contributed by atoms with Crippen LogP contribution in [0.4, 0.5) is 30.2 Å². The van der Waals surface area contributed by atoms with Crippen molar-refractivity contribution in [3.63, 3.8) is 0 Å². The van der Waals surface area contributed by atoms with Gasteiger partial charge >= 0.3 is 6.18 Å². The number of rotatable bonds is 3. The summed E-state index contributed by atoms with van der Waals surface area (Å²) in [5.74, 6) is 0.353. The fourth-order valence-corrected chi connectivity index (χ4v) is 3.89. The van der Waals surface area contributed by atoms with Gasteiger partial charge in [-0.05, 0) is 62.4 Å². The van der Waals surface area contributed by atoms with E-state index in [1.807, 2.05) is 0 Å². The molecule has 1 saturated carbocycles. The summed E-state index contributed by atoms with van der Waals surface area (Å²) in [7, 11) is 0. The van der Waals surface area contributed by atoms with Crippen LogP contribution in [0.1, 0.15) is 31.2 Å². The minimum atomic E-state index is -4.56. The van der Waals surface area contributed by atoms with E-state index in [2.05, 4.69) is 10.6 Å².